The Labute approximate surface area is 105 Å². The van der Waals surface area contributed by atoms with Crippen molar-refractivity contribution >= 4 is 0 Å². The molecule has 0 aliphatic rings. The van der Waals surface area contributed by atoms with Crippen LogP contribution in [-0.2, 0) is 4.74 Å². The molecule has 1 N–H and O–H groups in total. The Balaban J connectivity index is 2.60. The summed E-state index contributed by atoms with van der Waals surface area (Å²) in [4.78, 5) is 0. The van der Waals surface area contributed by atoms with E-state index in [1.165, 1.54) is 0 Å². The molecule has 0 heterocycles. The van der Waals surface area contributed by atoms with Crippen molar-refractivity contribution in [3.05, 3.63) is 35.4 Å². The van der Waals surface area contributed by atoms with E-state index in [2.05, 4.69) is 5.32 Å². The molecule has 0 spiro atoms. The van der Waals surface area contributed by atoms with Gasteiger partial charge in [-0.3, -0.25) is 0 Å². The van der Waals surface area contributed by atoms with Gasteiger partial charge in [0.15, 0.2) is 0 Å². The fourth-order valence-electron chi connectivity index (χ4n) is 1.65. The van der Waals surface area contributed by atoms with Gasteiger partial charge in [-0.1, -0.05) is 29.8 Å². The fraction of sp³-hybridized carbons (Fsp3) is 0.538. The SMILES string of the molecule is CNCC(OCCC(F)(F)F)c1cccc(C)c1. The van der Waals surface area contributed by atoms with Crippen molar-refractivity contribution < 1.29 is 17.9 Å². The minimum Gasteiger partial charge on any atom is -0.372 e. The second-order valence-electron chi connectivity index (χ2n) is 4.20. The lowest BCUT2D eigenvalue weighted by atomic mass is 10.1. The van der Waals surface area contributed by atoms with Crippen molar-refractivity contribution in [3.63, 3.8) is 0 Å². The highest BCUT2D eigenvalue weighted by Crippen LogP contribution is 2.23. The summed E-state index contributed by atoms with van der Waals surface area (Å²) < 4.78 is 41.5. The molecule has 0 radical (unpaired) electrons. The maximum absolute atomic E-state index is 12.1. The van der Waals surface area contributed by atoms with Crippen molar-refractivity contribution in [2.45, 2.75) is 25.6 Å². The van der Waals surface area contributed by atoms with Gasteiger partial charge in [0.2, 0.25) is 0 Å². The number of likely N-dealkylation sites (N-methyl/N-ethyl adjacent to an activating group) is 1. The number of hydrogen-bond acceptors (Lipinski definition) is 2. The second-order valence-corrected chi connectivity index (χ2v) is 4.20. The van der Waals surface area contributed by atoms with Crippen LogP contribution in [0.4, 0.5) is 13.2 Å². The smallest absolute Gasteiger partial charge is 0.372 e. The van der Waals surface area contributed by atoms with Crippen LogP contribution in [0, 0.1) is 6.92 Å². The summed E-state index contributed by atoms with van der Waals surface area (Å²) in [6, 6.07) is 7.61. The predicted molar refractivity (Wildman–Crippen MR) is 64.5 cm³/mol. The van der Waals surface area contributed by atoms with E-state index < -0.39 is 12.6 Å². The average molecular weight is 261 g/mol. The number of alkyl halides is 3. The molecule has 1 atom stereocenters. The second kappa shape index (κ2) is 6.75. The van der Waals surface area contributed by atoms with Crippen LogP contribution in [0.3, 0.4) is 0 Å². The summed E-state index contributed by atoms with van der Waals surface area (Å²) in [6.07, 6.45) is -5.44. The first-order valence-electron chi connectivity index (χ1n) is 5.82. The lowest BCUT2D eigenvalue weighted by molar-refractivity contribution is -0.149. The van der Waals surface area contributed by atoms with Crippen LogP contribution in [0.2, 0.25) is 0 Å². The van der Waals surface area contributed by atoms with Gasteiger partial charge in [0, 0.05) is 6.54 Å². The Morgan fingerprint density at radius 3 is 2.61 bits per heavy atom. The zero-order valence-electron chi connectivity index (χ0n) is 10.6. The normalized spacial score (nSPS) is 13.6. The number of rotatable bonds is 6. The van der Waals surface area contributed by atoms with Gasteiger partial charge in [-0.25, -0.2) is 0 Å². The van der Waals surface area contributed by atoms with E-state index in [-0.39, 0.29) is 12.7 Å². The van der Waals surface area contributed by atoms with Crippen LogP contribution in [0.5, 0.6) is 0 Å². The molecule has 18 heavy (non-hydrogen) atoms. The molecule has 2 nitrogen and oxygen atoms in total. The van der Waals surface area contributed by atoms with Gasteiger partial charge in [0.05, 0.1) is 19.1 Å². The molecule has 0 fully saturated rings. The van der Waals surface area contributed by atoms with Crippen molar-refractivity contribution in [3.8, 4) is 0 Å². The van der Waals surface area contributed by atoms with E-state index >= 15 is 0 Å². The number of aryl methyl sites for hydroxylation is 1. The van der Waals surface area contributed by atoms with E-state index in [4.69, 9.17) is 4.74 Å². The molecule has 0 aliphatic carbocycles. The monoisotopic (exact) mass is 261 g/mol. The highest BCUT2D eigenvalue weighted by atomic mass is 19.4. The number of nitrogens with one attached hydrogen (secondary N) is 1. The number of halogens is 3. The zero-order chi connectivity index (χ0) is 13.6. The van der Waals surface area contributed by atoms with Gasteiger partial charge in [0.25, 0.3) is 0 Å². The van der Waals surface area contributed by atoms with Crippen molar-refractivity contribution in [1.82, 2.24) is 5.32 Å². The standard InChI is InChI=1S/C13H18F3NO/c1-10-4-3-5-11(8-10)12(9-17-2)18-7-6-13(14,15)16/h3-5,8,12,17H,6-7,9H2,1-2H3. The van der Waals surface area contributed by atoms with Crippen LogP contribution in [0.15, 0.2) is 24.3 Å². The van der Waals surface area contributed by atoms with Crippen molar-refractivity contribution in [2.75, 3.05) is 20.2 Å². The van der Waals surface area contributed by atoms with Gasteiger partial charge in [-0.05, 0) is 19.5 Å². The quantitative estimate of drug-likeness (QED) is 0.849. The molecule has 0 saturated carbocycles. The van der Waals surface area contributed by atoms with Crippen LogP contribution >= 0.6 is 0 Å². The molecule has 1 unspecified atom stereocenters. The first kappa shape index (κ1) is 15.0. The van der Waals surface area contributed by atoms with Crippen LogP contribution in [-0.4, -0.2) is 26.4 Å². The maximum Gasteiger partial charge on any atom is 0.391 e. The summed E-state index contributed by atoms with van der Waals surface area (Å²) in [7, 11) is 1.75. The van der Waals surface area contributed by atoms with Gasteiger partial charge in [-0.15, -0.1) is 0 Å². The van der Waals surface area contributed by atoms with Gasteiger partial charge in [0.1, 0.15) is 0 Å². The molecule has 0 aromatic heterocycles. The highest BCUT2D eigenvalue weighted by molar-refractivity contribution is 5.24. The van der Waals surface area contributed by atoms with Gasteiger partial charge in [-0.2, -0.15) is 13.2 Å². The van der Waals surface area contributed by atoms with Gasteiger partial charge < -0.3 is 10.1 Å². The molecular formula is C13H18F3NO. The van der Waals surface area contributed by atoms with Gasteiger partial charge >= 0.3 is 6.18 Å². The third-order valence-corrected chi connectivity index (χ3v) is 2.51. The summed E-state index contributed by atoms with van der Waals surface area (Å²) >= 11 is 0. The zero-order valence-corrected chi connectivity index (χ0v) is 10.6. The Morgan fingerprint density at radius 2 is 2.06 bits per heavy atom. The molecule has 0 saturated heterocycles. The minimum atomic E-state index is -4.17. The first-order valence-corrected chi connectivity index (χ1v) is 5.82. The summed E-state index contributed by atoms with van der Waals surface area (Å²) in [5.41, 5.74) is 1.96. The number of ether oxygens (including phenoxy) is 1. The molecule has 0 bridgehead atoms. The predicted octanol–water partition coefficient (Wildman–Crippen LogP) is 3.22. The molecule has 1 aromatic rings. The number of hydrogen-bond donors (Lipinski definition) is 1. The molecule has 102 valence electrons. The summed E-state index contributed by atoms with van der Waals surface area (Å²) in [6.45, 7) is 2.11. The Hall–Kier alpha value is -1.07. The topological polar surface area (TPSA) is 21.3 Å². The third-order valence-electron chi connectivity index (χ3n) is 2.51. The first-order chi connectivity index (χ1) is 8.42. The number of benzene rings is 1. The average Bonchev–Trinajstić information content (AvgIpc) is 2.26. The van der Waals surface area contributed by atoms with Crippen LogP contribution < -0.4 is 5.32 Å². The van der Waals surface area contributed by atoms with E-state index in [0.717, 1.165) is 11.1 Å². The Morgan fingerprint density at radius 1 is 1.33 bits per heavy atom. The lowest BCUT2D eigenvalue weighted by Gasteiger charge is -2.19. The molecule has 1 aromatic carbocycles. The summed E-state index contributed by atoms with van der Waals surface area (Å²) in [5.74, 6) is 0. The highest BCUT2D eigenvalue weighted by Gasteiger charge is 2.27. The van der Waals surface area contributed by atoms with Crippen molar-refractivity contribution in [2.24, 2.45) is 0 Å². The third kappa shape index (κ3) is 5.51. The van der Waals surface area contributed by atoms with E-state index in [9.17, 15) is 13.2 Å². The molecule has 0 aliphatic heterocycles. The molecule has 0 amide bonds. The van der Waals surface area contributed by atoms with Crippen molar-refractivity contribution in [1.29, 1.82) is 0 Å². The fourth-order valence-corrected chi connectivity index (χ4v) is 1.65. The van der Waals surface area contributed by atoms with Crippen LogP contribution in [0.25, 0.3) is 0 Å². The molecule has 5 heteroatoms. The van der Waals surface area contributed by atoms with E-state index in [1.807, 2.05) is 31.2 Å². The largest absolute Gasteiger partial charge is 0.391 e. The van der Waals surface area contributed by atoms with E-state index in [0.29, 0.717) is 6.54 Å². The minimum absolute atomic E-state index is 0.316. The maximum atomic E-state index is 12.1. The van der Waals surface area contributed by atoms with E-state index in [1.54, 1.807) is 7.05 Å². The molecular weight excluding hydrogens is 243 g/mol. The van der Waals surface area contributed by atoms with Crippen LogP contribution in [0.1, 0.15) is 23.7 Å². The Bertz CT molecular complexity index is 365. The molecule has 1 rings (SSSR count). The lowest BCUT2D eigenvalue weighted by Crippen LogP contribution is -2.22. The summed E-state index contributed by atoms with van der Waals surface area (Å²) in [5, 5.41) is 2.93. The Kier molecular flexibility index (Phi) is 5.62.